The molecule has 0 radical (unpaired) electrons. The molecule has 0 fully saturated rings. The maximum Gasteiger partial charge on any atom is 0.202 e. The quantitative estimate of drug-likeness (QED) is 0.0858. The summed E-state index contributed by atoms with van der Waals surface area (Å²) in [4.78, 5) is 17.4. The molecule has 0 atom stereocenters. The zero-order valence-corrected chi connectivity index (χ0v) is 24.2. The molecular formula is C41H25N3O. The first-order valence-corrected chi connectivity index (χ1v) is 14.6. The SMILES string of the molecule is [C-]#[N+]c1c2ccccc2c(C#N)c2ccc(C=Cc3ccc(N(c4ccc(C=O)cc4)c4cccc5ccccc45)cc3)cc12. The molecule has 0 aliphatic heterocycles. The van der Waals surface area contributed by atoms with Gasteiger partial charge in [0.05, 0.1) is 17.8 Å². The van der Waals surface area contributed by atoms with E-state index in [1.807, 2.05) is 84.9 Å². The van der Waals surface area contributed by atoms with Crippen LogP contribution in [0.3, 0.4) is 0 Å². The number of hydrogen-bond donors (Lipinski definition) is 0. The van der Waals surface area contributed by atoms with Crippen molar-refractivity contribution in [3.63, 3.8) is 0 Å². The molecule has 0 aromatic heterocycles. The minimum atomic E-state index is 0.564. The topological polar surface area (TPSA) is 48.5 Å². The molecule has 7 rings (SSSR count). The van der Waals surface area contributed by atoms with Crippen LogP contribution < -0.4 is 4.90 Å². The van der Waals surface area contributed by atoms with Crippen LogP contribution in [0.4, 0.5) is 22.7 Å². The molecule has 4 nitrogen and oxygen atoms in total. The van der Waals surface area contributed by atoms with Crippen LogP contribution in [-0.4, -0.2) is 6.29 Å². The number of nitrogens with zero attached hydrogens (tertiary/aromatic N) is 3. The van der Waals surface area contributed by atoms with E-state index in [4.69, 9.17) is 6.57 Å². The molecule has 0 unspecified atom stereocenters. The van der Waals surface area contributed by atoms with E-state index in [-0.39, 0.29) is 0 Å². The van der Waals surface area contributed by atoms with Gasteiger partial charge in [-0.05, 0) is 80.5 Å². The number of benzene rings is 7. The Morgan fingerprint density at radius 2 is 1.18 bits per heavy atom. The molecule has 0 saturated heterocycles. The number of anilines is 3. The molecule has 0 spiro atoms. The monoisotopic (exact) mass is 575 g/mol. The van der Waals surface area contributed by atoms with Gasteiger partial charge in [-0.25, -0.2) is 4.85 Å². The lowest BCUT2D eigenvalue weighted by molar-refractivity contribution is 0.112. The molecule has 0 aliphatic carbocycles. The van der Waals surface area contributed by atoms with Crippen LogP contribution in [0, 0.1) is 17.9 Å². The van der Waals surface area contributed by atoms with Crippen molar-refractivity contribution in [1.82, 2.24) is 0 Å². The van der Waals surface area contributed by atoms with Crippen molar-refractivity contribution in [2.45, 2.75) is 0 Å². The smallest absolute Gasteiger partial charge is 0.202 e. The molecule has 7 aromatic carbocycles. The van der Waals surface area contributed by atoms with Gasteiger partial charge in [0.15, 0.2) is 0 Å². The van der Waals surface area contributed by atoms with Crippen LogP contribution in [0.5, 0.6) is 0 Å². The number of fused-ring (bicyclic) bond motifs is 3. The summed E-state index contributed by atoms with van der Waals surface area (Å²) in [6.07, 6.45) is 4.94. The molecule has 0 N–H and O–H groups in total. The van der Waals surface area contributed by atoms with Gasteiger partial charge in [-0.15, -0.1) is 0 Å². The van der Waals surface area contributed by atoms with Crippen LogP contribution in [0.15, 0.2) is 133 Å². The summed E-state index contributed by atoms with van der Waals surface area (Å²) in [7, 11) is 0. The Morgan fingerprint density at radius 3 is 1.87 bits per heavy atom. The number of carbonyl (C=O) groups excluding carboxylic acids is 1. The number of nitriles is 1. The van der Waals surface area contributed by atoms with E-state index in [1.54, 1.807) is 0 Å². The lowest BCUT2D eigenvalue weighted by Gasteiger charge is -2.27. The van der Waals surface area contributed by atoms with E-state index < -0.39 is 0 Å². The highest BCUT2D eigenvalue weighted by Gasteiger charge is 2.16. The Balaban J connectivity index is 1.26. The molecule has 0 saturated carbocycles. The van der Waals surface area contributed by atoms with E-state index in [9.17, 15) is 10.1 Å². The zero-order valence-electron chi connectivity index (χ0n) is 24.2. The van der Waals surface area contributed by atoms with Gasteiger partial charge in [0.2, 0.25) is 5.69 Å². The molecule has 7 aromatic rings. The first-order valence-electron chi connectivity index (χ1n) is 14.6. The average Bonchev–Trinajstić information content (AvgIpc) is 3.10. The van der Waals surface area contributed by atoms with Crippen molar-refractivity contribution in [2.24, 2.45) is 0 Å². The van der Waals surface area contributed by atoms with Gasteiger partial charge in [-0.2, -0.15) is 5.26 Å². The second kappa shape index (κ2) is 11.7. The standard InChI is InChI=1S/C41H25N3O/c1-43-41-37-11-5-4-10-35(37)39(26-42)36-24-19-29(25-38(36)41)14-13-28-15-20-32(21-16-28)44(33-22-17-30(27-45)18-23-33)40-12-6-8-31-7-2-3-9-34(31)40/h2-25,27H. The number of hydrogen-bond acceptors (Lipinski definition) is 3. The number of aldehydes is 1. The Kier molecular flexibility index (Phi) is 7.08. The lowest BCUT2D eigenvalue weighted by atomic mass is 9.94. The summed E-state index contributed by atoms with van der Waals surface area (Å²) in [5.41, 5.74) is 6.75. The summed E-state index contributed by atoms with van der Waals surface area (Å²) < 4.78 is 0. The van der Waals surface area contributed by atoms with Gasteiger partial charge in [-0.1, -0.05) is 103 Å². The Morgan fingerprint density at radius 1 is 0.600 bits per heavy atom. The predicted octanol–water partition coefficient (Wildman–Crippen LogP) is 11.0. The van der Waals surface area contributed by atoms with E-state index in [0.717, 1.165) is 66.8 Å². The molecule has 4 heteroatoms. The van der Waals surface area contributed by atoms with Gasteiger partial charge < -0.3 is 4.90 Å². The van der Waals surface area contributed by atoms with Crippen LogP contribution in [0.25, 0.3) is 49.3 Å². The fraction of sp³-hybridized carbons (Fsp3) is 0. The summed E-state index contributed by atoms with van der Waals surface area (Å²) in [5.74, 6) is 0. The number of carbonyl (C=O) groups is 1. The molecule has 0 heterocycles. The van der Waals surface area contributed by atoms with Crippen molar-refractivity contribution < 1.29 is 4.79 Å². The highest BCUT2D eigenvalue weighted by molar-refractivity contribution is 6.15. The van der Waals surface area contributed by atoms with Crippen molar-refractivity contribution >= 4 is 73.5 Å². The second-order valence-corrected chi connectivity index (χ2v) is 10.8. The Bertz CT molecular complexity index is 2350. The first kappa shape index (κ1) is 27.3. The third kappa shape index (κ3) is 4.97. The molecule has 45 heavy (non-hydrogen) atoms. The lowest BCUT2D eigenvalue weighted by Crippen LogP contribution is -2.10. The van der Waals surface area contributed by atoms with Crippen LogP contribution in [0.2, 0.25) is 0 Å². The summed E-state index contributed by atoms with van der Waals surface area (Å²) in [5, 5.41) is 15.4. The second-order valence-electron chi connectivity index (χ2n) is 10.8. The maximum atomic E-state index is 11.3. The van der Waals surface area contributed by atoms with Gasteiger partial charge in [0.25, 0.3) is 0 Å². The zero-order chi connectivity index (χ0) is 30.8. The normalized spacial score (nSPS) is 11.1. The molecule has 0 aliphatic rings. The minimum Gasteiger partial charge on any atom is -0.310 e. The highest BCUT2D eigenvalue weighted by Crippen LogP contribution is 2.40. The number of rotatable bonds is 6. The van der Waals surface area contributed by atoms with Crippen LogP contribution >= 0.6 is 0 Å². The van der Waals surface area contributed by atoms with Crippen molar-refractivity contribution in [3.05, 3.63) is 167 Å². The van der Waals surface area contributed by atoms with Crippen LogP contribution in [0.1, 0.15) is 27.0 Å². The van der Waals surface area contributed by atoms with Crippen molar-refractivity contribution in [1.29, 1.82) is 5.26 Å². The Labute approximate surface area is 261 Å². The van der Waals surface area contributed by atoms with Gasteiger partial charge in [0, 0.05) is 22.3 Å². The fourth-order valence-electron chi connectivity index (χ4n) is 5.98. The minimum absolute atomic E-state index is 0.564. The largest absolute Gasteiger partial charge is 0.310 e. The fourth-order valence-corrected chi connectivity index (χ4v) is 5.98. The van der Waals surface area contributed by atoms with E-state index in [2.05, 4.69) is 76.5 Å². The predicted molar refractivity (Wildman–Crippen MR) is 185 cm³/mol. The summed E-state index contributed by atoms with van der Waals surface area (Å²) in [6.45, 7) is 7.89. The first-order chi connectivity index (χ1) is 22.2. The highest BCUT2D eigenvalue weighted by atomic mass is 16.1. The Hall–Kier alpha value is -6.49. The van der Waals surface area contributed by atoms with Crippen LogP contribution in [-0.2, 0) is 0 Å². The van der Waals surface area contributed by atoms with E-state index >= 15 is 0 Å². The molecular weight excluding hydrogens is 550 g/mol. The third-order valence-electron chi connectivity index (χ3n) is 8.16. The summed E-state index contributed by atoms with van der Waals surface area (Å²) >= 11 is 0. The summed E-state index contributed by atoms with van der Waals surface area (Å²) in [6, 6.07) is 46.5. The van der Waals surface area contributed by atoms with Gasteiger partial charge in [0.1, 0.15) is 12.4 Å². The molecule has 0 bridgehead atoms. The molecule has 210 valence electrons. The average molecular weight is 576 g/mol. The van der Waals surface area contributed by atoms with Gasteiger partial charge in [-0.3, -0.25) is 4.79 Å². The van der Waals surface area contributed by atoms with Gasteiger partial charge >= 0.3 is 0 Å². The molecule has 0 amide bonds. The van der Waals surface area contributed by atoms with Crippen molar-refractivity contribution in [3.8, 4) is 6.07 Å². The maximum absolute atomic E-state index is 11.3. The third-order valence-corrected chi connectivity index (χ3v) is 8.16. The van der Waals surface area contributed by atoms with Crippen molar-refractivity contribution in [2.75, 3.05) is 4.90 Å². The van der Waals surface area contributed by atoms with E-state index in [0.29, 0.717) is 16.8 Å². The van der Waals surface area contributed by atoms with E-state index in [1.165, 1.54) is 0 Å².